The number of hydrogen-bond acceptors (Lipinski definition) is 4. The van der Waals surface area contributed by atoms with Gasteiger partial charge in [0.25, 0.3) is 0 Å². The maximum Gasteiger partial charge on any atom is 0.410 e. The number of carbonyl (C=O) groups excluding carboxylic acids is 2. The molecule has 0 aliphatic carbocycles. The van der Waals surface area contributed by atoms with Crippen molar-refractivity contribution in [3.05, 3.63) is 83.4 Å². The minimum atomic E-state index is -0.492. The first-order valence-electron chi connectivity index (χ1n) is 8.66. The summed E-state index contributed by atoms with van der Waals surface area (Å²) in [6.45, 7) is 0.738. The molecule has 4 rings (SSSR count). The lowest BCUT2D eigenvalue weighted by Gasteiger charge is -2.38. The minimum absolute atomic E-state index is 0.213. The van der Waals surface area contributed by atoms with Gasteiger partial charge in [0.15, 0.2) is 0 Å². The molecule has 0 saturated heterocycles. The van der Waals surface area contributed by atoms with Gasteiger partial charge in [-0.1, -0.05) is 54.6 Å². The number of rotatable bonds is 3. The van der Waals surface area contributed by atoms with Gasteiger partial charge in [0.1, 0.15) is 18.8 Å². The number of ether oxygens (including phenoxy) is 2. The molecule has 2 heterocycles. The smallest absolute Gasteiger partial charge is 0.410 e. The highest BCUT2D eigenvalue weighted by Crippen LogP contribution is 2.36. The summed E-state index contributed by atoms with van der Waals surface area (Å²) in [5.41, 5.74) is 3.10. The standard InChI is InChI=1S/C21H19NO4/c23-19-11-10-18(26-19)20-17-9-5-4-8-16(17)12-13-22(20)21(24)25-14-15-6-2-1-3-7-15/h1-11,18,20H,12-14H2/t18-,20-/m1/s1. The molecule has 0 fully saturated rings. The van der Waals surface area contributed by atoms with Gasteiger partial charge in [-0.3, -0.25) is 4.90 Å². The van der Waals surface area contributed by atoms with Crippen molar-refractivity contribution in [2.45, 2.75) is 25.2 Å². The van der Waals surface area contributed by atoms with Gasteiger partial charge in [0.2, 0.25) is 0 Å². The summed E-state index contributed by atoms with van der Waals surface area (Å²) >= 11 is 0. The third kappa shape index (κ3) is 3.20. The molecule has 2 aromatic carbocycles. The van der Waals surface area contributed by atoms with Gasteiger partial charge < -0.3 is 9.47 Å². The number of benzene rings is 2. The fourth-order valence-electron chi connectivity index (χ4n) is 3.52. The molecular weight excluding hydrogens is 330 g/mol. The van der Waals surface area contributed by atoms with E-state index in [1.165, 1.54) is 11.6 Å². The summed E-state index contributed by atoms with van der Waals surface area (Å²) < 4.78 is 10.9. The second-order valence-corrected chi connectivity index (χ2v) is 6.39. The van der Waals surface area contributed by atoms with Crippen LogP contribution >= 0.6 is 0 Å². The summed E-state index contributed by atoms with van der Waals surface area (Å²) in [6, 6.07) is 17.1. The summed E-state index contributed by atoms with van der Waals surface area (Å²) in [6.07, 6.45) is 2.98. The van der Waals surface area contributed by atoms with Crippen molar-refractivity contribution < 1.29 is 19.1 Å². The van der Waals surface area contributed by atoms with E-state index in [9.17, 15) is 9.59 Å². The first kappa shape index (κ1) is 16.4. The van der Waals surface area contributed by atoms with Crippen LogP contribution in [0.2, 0.25) is 0 Å². The van der Waals surface area contributed by atoms with E-state index in [4.69, 9.17) is 9.47 Å². The number of esters is 1. The van der Waals surface area contributed by atoms with Gasteiger partial charge in [-0.2, -0.15) is 0 Å². The number of amides is 1. The Bertz CT molecular complexity index is 846. The molecule has 0 N–H and O–H groups in total. The molecule has 2 atom stereocenters. The molecule has 2 aromatic rings. The predicted octanol–water partition coefficient (Wildman–Crippen LogP) is 3.40. The monoisotopic (exact) mass is 349 g/mol. The van der Waals surface area contributed by atoms with Crippen LogP contribution in [0.1, 0.15) is 22.7 Å². The second kappa shape index (κ2) is 7.04. The van der Waals surface area contributed by atoms with E-state index in [1.807, 2.05) is 48.5 Å². The van der Waals surface area contributed by atoms with Crippen LogP contribution in [0.5, 0.6) is 0 Å². The van der Waals surface area contributed by atoms with E-state index in [1.54, 1.807) is 11.0 Å². The normalized spacial score (nSPS) is 21.2. The molecule has 2 aliphatic heterocycles. The molecular formula is C21H19NO4. The largest absolute Gasteiger partial charge is 0.452 e. The van der Waals surface area contributed by atoms with E-state index >= 15 is 0 Å². The molecule has 132 valence electrons. The number of cyclic esters (lactones) is 1. The Hall–Kier alpha value is -3.08. The maximum absolute atomic E-state index is 12.8. The summed E-state index contributed by atoms with van der Waals surface area (Å²) in [5.74, 6) is -0.379. The number of nitrogens with zero attached hydrogens (tertiary/aromatic N) is 1. The summed E-state index contributed by atoms with van der Waals surface area (Å²) in [4.78, 5) is 26.0. The average molecular weight is 349 g/mol. The highest BCUT2D eigenvalue weighted by molar-refractivity contribution is 5.84. The topological polar surface area (TPSA) is 55.8 Å². The predicted molar refractivity (Wildman–Crippen MR) is 95.2 cm³/mol. The highest BCUT2D eigenvalue weighted by Gasteiger charge is 2.39. The van der Waals surface area contributed by atoms with Gasteiger partial charge >= 0.3 is 12.1 Å². The summed E-state index contributed by atoms with van der Waals surface area (Å²) in [7, 11) is 0. The van der Waals surface area contributed by atoms with Gasteiger partial charge in [0.05, 0.1) is 0 Å². The van der Waals surface area contributed by atoms with Crippen LogP contribution in [-0.4, -0.2) is 29.6 Å². The lowest BCUT2D eigenvalue weighted by atomic mass is 9.89. The van der Waals surface area contributed by atoms with E-state index in [0.717, 1.165) is 17.5 Å². The van der Waals surface area contributed by atoms with Crippen LogP contribution < -0.4 is 0 Å². The zero-order valence-electron chi connectivity index (χ0n) is 14.2. The molecule has 5 nitrogen and oxygen atoms in total. The molecule has 26 heavy (non-hydrogen) atoms. The van der Waals surface area contributed by atoms with Crippen molar-refractivity contribution >= 4 is 12.1 Å². The van der Waals surface area contributed by atoms with Crippen LogP contribution in [0.15, 0.2) is 66.7 Å². The van der Waals surface area contributed by atoms with Crippen molar-refractivity contribution in [3.63, 3.8) is 0 Å². The zero-order valence-corrected chi connectivity index (χ0v) is 14.2. The zero-order chi connectivity index (χ0) is 17.9. The number of fused-ring (bicyclic) bond motifs is 1. The van der Waals surface area contributed by atoms with Gasteiger partial charge in [-0.15, -0.1) is 0 Å². The van der Waals surface area contributed by atoms with Crippen molar-refractivity contribution in [1.29, 1.82) is 0 Å². The Kier molecular flexibility index (Phi) is 4.44. The van der Waals surface area contributed by atoms with Crippen molar-refractivity contribution in [1.82, 2.24) is 4.90 Å². The molecule has 5 heteroatoms. The minimum Gasteiger partial charge on any atom is -0.452 e. The third-order valence-corrected chi connectivity index (χ3v) is 4.76. The molecule has 0 aromatic heterocycles. The van der Waals surface area contributed by atoms with Crippen LogP contribution in [0.25, 0.3) is 0 Å². The third-order valence-electron chi connectivity index (χ3n) is 4.76. The Labute approximate surface area is 151 Å². The van der Waals surface area contributed by atoms with E-state index in [0.29, 0.717) is 6.54 Å². The van der Waals surface area contributed by atoms with E-state index in [-0.39, 0.29) is 18.6 Å². The van der Waals surface area contributed by atoms with Crippen molar-refractivity contribution in [2.24, 2.45) is 0 Å². The van der Waals surface area contributed by atoms with Crippen LogP contribution in [0.4, 0.5) is 4.79 Å². The molecule has 0 unspecified atom stereocenters. The van der Waals surface area contributed by atoms with Gasteiger partial charge in [-0.05, 0) is 29.2 Å². The second-order valence-electron chi connectivity index (χ2n) is 6.39. The Morgan fingerprint density at radius 2 is 1.88 bits per heavy atom. The Morgan fingerprint density at radius 1 is 1.12 bits per heavy atom. The molecule has 0 saturated carbocycles. The fraction of sp³-hybridized carbons (Fsp3) is 0.238. The lowest BCUT2D eigenvalue weighted by molar-refractivity contribution is -0.141. The number of carbonyl (C=O) groups is 2. The van der Waals surface area contributed by atoms with Crippen molar-refractivity contribution in [3.8, 4) is 0 Å². The fourth-order valence-corrected chi connectivity index (χ4v) is 3.52. The average Bonchev–Trinajstić information content (AvgIpc) is 3.12. The molecule has 1 amide bonds. The first-order valence-corrected chi connectivity index (χ1v) is 8.66. The number of hydrogen-bond donors (Lipinski definition) is 0. The first-order chi connectivity index (χ1) is 12.7. The van der Waals surface area contributed by atoms with Gasteiger partial charge in [0, 0.05) is 12.6 Å². The lowest BCUT2D eigenvalue weighted by Crippen LogP contribution is -2.45. The van der Waals surface area contributed by atoms with Crippen LogP contribution in [0.3, 0.4) is 0 Å². The highest BCUT2D eigenvalue weighted by atomic mass is 16.6. The Morgan fingerprint density at radius 3 is 2.65 bits per heavy atom. The molecule has 2 aliphatic rings. The van der Waals surface area contributed by atoms with E-state index < -0.39 is 12.2 Å². The molecule has 0 spiro atoms. The molecule has 0 bridgehead atoms. The quantitative estimate of drug-likeness (QED) is 0.797. The van der Waals surface area contributed by atoms with Gasteiger partial charge in [-0.25, -0.2) is 9.59 Å². The van der Waals surface area contributed by atoms with Crippen LogP contribution in [-0.2, 0) is 27.3 Å². The maximum atomic E-state index is 12.8. The van der Waals surface area contributed by atoms with Crippen molar-refractivity contribution in [2.75, 3.05) is 6.54 Å². The summed E-state index contributed by atoms with van der Waals surface area (Å²) in [5, 5.41) is 0. The Balaban J connectivity index is 1.56. The SMILES string of the molecule is O=C1C=C[C@H]([C@H]2c3ccccc3CCN2C(=O)OCc2ccccc2)O1. The van der Waals surface area contributed by atoms with E-state index in [2.05, 4.69) is 6.07 Å². The molecule has 0 radical (unpaired) electrons. The van der Waals surface area contributed by atoms with Crippen LogP contribution in [0, 0.1) is 0 Å².